The molecule has 0 saturated heterocycles. The van der Waals surface area contributed by atoms with Crippen LogP contribution in [-0.4, -0.2) is 25.3 Å². The summed E-state index contributed by atoms with van der Waals surface area (Å²) in [5.74, 6) is -0.288. The first-order valence-corrected chi connectivity index (χ1v) is 8.24. The van der Waals surface area contributed by atoms with Gasteiger partial charge in [0.25, 0.3) is 5.91 Å². The molecule has 1 amide bonds. The van der Waals surface area contributed by atoms with Crippen molar-refractivity contribution in [3.05, 3.63) is 78.1 Å². The van der Waals surface area contributed by atoms with Crippen molar-refractivity contribution in [2.75, 3.05) is 5.32 Å². The number of rotatable bonds is 3. The van der Waals surface area contributed by atoms with Gasteiger partial charge in [0.1, 0.15) is 11.3 Å². The molecule has 0 aliphatic heterocycles. The van der Waals surface area contributed by atoms with Crippen molar-refractivity contribution in [1.29, 1.82) is 0 Å². The molecule has 1 aromatic carbocycles. The molecule has 0 spiro atoms. The van der Waals surface area contributed by atoms with Gasteiger partial charge in [-0.3, -0.25) is 9.78 Å². The van der Waals surface area contributed by atoms with Crippen LogP contribution < -0.4 is 5.32 Å². The van der Waals surface area contributed by atoms with Crippen molar-refractivity contribution in [2.45, 2.75) is 13.8 Å². The highest BCUT2D eigenvalue weighted by Gasteiger charge is 2.12. The van der Waals surface area contributed by atoms with E-state index < -0.39 is 0 Å². The van der Waals surface area contributed by atoms with E-state index in [4.69, 9.17) is 4.98 Å². The average Bonchev–Trinajstić information content (AvgIpc) is 3.10. The summed E-state index contributed by atoms with van der Waals surface area (Å²) in [4.78, 5) is 25.0. The van der Waals surface area contributed by atoms with E-state index in [1.807, 2.05) is 61.0 Å². The van der Waals surface area contributed by atoms with E-state index in [0.29, 0.717) is 0 Å². The molecule has 4 aromatic rings. The van der Waals surface area contributed by atoms with E-state index in [2.05, 4.69) is 15.3 Å². The van der Waals surface area contributed by atoms with E-state index in [1.54, 1.807) is 0 Å². The molecule has 1 N–H and O–H groups in total. The number of anilines is 1. The molecule has 0 aliphatic carbocycles. The fourth-order valence-corrected chi connectivity index (χ4v) is 2.81. The fourth-order valence-electron chi connectivity index (χ4n) is 2.81. The summed E-state index contributed by atoms with van der Waals surface area (Å²) in [6.07, 6.45) is 8.44. The van der Waals surface area contributed by atoms with Crippen molar-refractivity contribution in [3.63, 3.8) is 0 Å². The van der Waals surface area contributed by atoms with Crippen LogP contribution >= 0.6 is 0 Å². The maximum absolute atomic E-state index is 12.4. The maximum Gasteiger partial charge on any atom is 0.275 e. The number of nitrogens with zero attached hydrogens (tertiary/aromatic N) is 4. The van der Waals surface area contributed by atoms with Crippen LogP contribution in [-0.2, 0) is 0 Å². The predicted molar refractivity (Wildman–Crippen MR) is 100 cm³/mol. The smallest absolute Gasteiger partial charge is 0.275 e. The Labute approximate surface area is 150 Å². The molecular formula is C20H17N5O. The first-order valence-electron chi connectivity index (χ1n) is 8.24. The second-order valence-electron chi connectivity index (χ2n) is 6.12. The Morgan fingerprint density at radius 1 is 1.12 bits per heavy atom. The summed E-state index contributed by atoms with van der Waals surface area (Å²) in [5, 5.41) is 2.91. The largest absolute Gasteiger partial charge is 0.320 e. The highest BCUT2D eigenvalue weighted by atomic mass is 16.1. The molecule has 6 nitrogen and oxygen atoms in total. The summed E-state index contributed by atoms with van der Waals surface area (Å²) in [7, 11) is 0. The van der Waals surface area contributed by atoms with Crippen LogP contribution in [0.3, 0.4) is 0 Å². The van der Waals surface area contributed by atoms with Gasteiger partial charge in [-0.15, -0.1) is 0 Å². The third-order valence-corrected chi connectivity index (χ3v) is 4.26. The number of aryl methyl sites for hydroxylation is 2. The van der Waals surface area contributed by atoms with Crippen molar-refractivity contribution in [1.82, 2.24) is 19.4 Å². The third kappa shape index (κ3) is 2.93. The molecule has 0 saturated carbocycles. The number of carbonyl (C=O) groups is 1. The Kier molecular flexibility index (Phi) is 3.93. The number of imidazole rings is 1. The Morgan fingerprint density at radius 3 is 2.77 bits per heavy atom. The van der Waals surface area contributed by atoms with Gasteiger partial charge in [-0.2, -0.15) is 0 Å². The molecule has 0 aliphatic rings. The molecular weight excluding hydrogens is 326 g/mol. The number of pyridine rings is 1. The SMILES string of the molecule is Cc1ccc(-c2cn3cccc(C)c3n2)cc1NC(=O)c1cnccn1. The molecule has 0 unspecified atom stereocenters. The number of benzene rings is 1. The van der Waals surface area contributed by atoms with E-state index in [-0.39, 0.29) is 11.6 Å². The van der Waals surface area contributed by atoms with Crippen molar-refractivity contribution in [2.24, 2.45) is 0 Å². The summed E-state index contributed by atoms with van der Waals surface area (Å²) in [6.45, 7) is 3.98. The molecule has 3 heterocycles. The van der Waals surface area contributed by atoms with Gasteiger partial charge in [0, 0.05) is 36.0 Å². The van der Waals surface area contributed by atoms with Gasteiger partial charge >= 0.3 is 0 Å². The van der Waals surface area contributed by atoms with E-state index in [1.165, 1.54) is 18.6 Å². The number of amides is 1. The van der Waals surface area contributed by atoms with Gasteiger partial charge in [0.05, 0.1) is 11.9 Å². The Hall–Kier alpha value is -3.54. The minimum Gasteiger partial charge on any atom is -0.320 e. The standard InChI is InChI=1S/C20H17N5O/c1-13-5-6-15(18-12-25-9-3-4-14(2)19(25)23-18)10-16(13)24-20(26)17-11-21-7-8-22-17/h3-12H,1-2H3,(H,24,26). The predicted octanol–water partition coefficient (Wildman–Crippen LogP) is 3.66. The Bertz CT molecular complexity index is 1100. The van der Waals surface area contributed by atoms with Crippen LogP contribution in [0.4, 0.5) is 5.69 Å². The summed E-state index contributed by atoms with van der Waals surface area (Å²) in [6, 6.07) is 9.94. The van der Waals surface area contributed by atoms with Gasteiger partial charge in [0.2, 0.25) is 0 Å². The first-order chi connectivity index (χ1) is 12.6. The Morgan fingerprint density at radius 2 is 2.00 bits per heavy atom. The first kappa shape index (κ1) is 16.0. The number of carbonyl (C=O) groups excluding carboxylic acids is 1. The zero-order valence-corrected chi connectivity index (χ0v) is 14.5. The van der Waals surface area contributed by atoms with E-state index in [0.717, 1.165) is 33.7 Å². The van der Waals surface area contributed by atoms with Crippen LogP contribution in [0.5, 0.6) is 0 Å². The quantitative estimate of drug-likeness (QED) is 0.616. The van der Waals surface area contributed by atoms with Crippen LogP contribution in [0.15, 0.2) is 61.3 Å². The van der Waals surface area contributed by atoms with Crippen LogP contribution in [0.2, 0.25) is 0 Å². The van der Waals surface area contributed by atoms with Crippen molar-refractivity contribution in [3.8, 4) is 11.3 Å². The lowest BCUT2D eigenvalue weighted by Crippen LogP contribution is -2.14. The minimum absolute atomic E-state index is 0.278. The fraction of sp³-hybridized carbons (Fsp3) is 0.100. The van der Waals surface area contributed by atoms with Crippen LogP contribution in [0.1, 0.15) is 21.6 Å². The molecule has 0 fully saturated rings. The monoisotopic (exact) mass is 343 g/mol. The lowest BCUT2D eigenvalue weighted by atomic mass is 10.1. The third-order valence-electron chi connectivity index (χ3n) is 4.26. The normalized spacial score (nSPS) is 10.8. The van der Waals surface area contributed by atoms with Gasteiger partial charge < -0.3 is 9.72 Å². The second-order valence-corrected chi connectivity index (χ2v) is 6.12. The number of hydrogen-bond donors (Lipinski definition) is 1. The lowest BCUT2D eigenvalue weighted by molar-refractivity contribution is 0.102. The van der Waals surface area contributed by atoms with Gasteiger partial charge in [-0.05, 0) is 37.1 Å². The molecule has 26 heavy (non-hydrogen) atoms. The van der Waals surface area contributed by atoms with Crippen LogP contribution in [0, 0.1) is 13.8 Å². The molecule has 3 aromatic heterocycles. The molecule has 128 valence electrons. The second kappa shape index (κ2) is 6.40. The highest BCUT2D eigenvalue weighted by molar-refractivity contribution is 6.03. The lowest BCUT2D eigenvalue weighted by Gasteiger charge is -2.09. The molecule has 6 heteroatoms. The molecule has 0 atom stereocenters. The van der Waals surface area contributed by atoms with Crippen molar-refractivity contribution < 1.29 is 4.79 Å². The number of hydrogen-bond acceptors (Lipinski definition) is 4. The van der Waals surface area contributed by atoms with E-state index >= 15 is 0 Å². The van der Waals surface area contributed by atoms with Gasteiger partial charge in [0.15, 0.2) is 0 Å². The average molecular weight is 343 g/mol. The number of aromatic nitrogens is 4. The molecule has 0 radical (unpaired) electrons. The highest BCUT2D eigenvalue weighted by Crippen LogP contribution is 2.26. The maximum atomic E-state index is 12.4. The summed E-state index contributed by atoms with van der Waals surface area (Å²) >= 11 is 0. The summed E-state index contributed by atoms with van der Waals surface area (Å²) < 4.78 is 2.00. The Balaban J connectivity index is 1.69. The topological polar surface area (TPSA) is 72.2 Å². The zero-order chi connectivity index (χ0) is 18.1. The minimum atomic E-state index is -0.288. The molecule has 0 bridgehead atoms. The molecule has 4 rings (SSSR count). The van der Waals surface area contributed by atoms with Gasteiger partial charge in [-0.1, -0.05) is 18.2 Å². The van der Waals surface area contributed by atoms with E-state index in [9.17, 15) is 4.79 Å². The number of fused-ring (bicyclic) bond motifs is 1. The van der Waals surface area contributed by atoms with Crippen LogP contribution in [0.25, 0.3) is 16.9 Å². The zero-order valence-electron chi connectivity index (χ0n) is 14.5. The summed E-state index contributed by atoms with van der Waals surface area (Å²) in [5.41, 5.74) is 5.80. The van der Waals surface area contributed by atoms with Crippen molar-refractivity contribution >= 4 is 17.2 Å². The number of nitrogens with one attached hydrogen (secondary N) is 1. The van der Waals surface area contributed by atoms with Gasteiger partial charge in [-0.25, -0.2) is 9.97 Å².